The van der Waals surface area contributed by atoms with Crippen LogP contribution in [0.2, 0.25) is 0 Å². The molecule has 0 fully saturated rings. The molecule has 6 heteroatoms. The molecule has 1 N–H and O–H groups in total. The minimum absolute atomic E-state index is 0.0481. The molecule has 1 heterocycles. The highest BCUT2D eigenvalue weighted by Gasteiger charge is 2.11. The van der Waals surface area contributed by atoms with E-state index >= 15 is 0 Å². The number of nitro benzene ring substituents is 1. The van der Waals surface area contributed by atoms with Gasteiger partial charge in [0.1, 0.15) is 5.82 Å². The van der Waals surface area contributed by atoms with Crippen LogP contribution in [0.5, 0.6) is 0 Å². The molecular formula is C22H18FN3O2. The molecule has 0 spiro atoms. The van der Waals surface area contributed by atoms with Crippen LogP contribution in [-0.2, 0) is 13.1 Å². The van der Waals surface area contributed by atoms with Gasteiger partial charge in [-0.05, 0) is 23.8 Å². The van der Waals surface area contributed by atoms with Gasteiger partial charge in [0.15, 0.2) is 0 Å². The zero-order valence-electron chi connectivity index (χ0n) is 15.0. The predicted molar refractivity (Wildman–Crippen MR) is 108 cm³/mol. The lowest BCUT2D eigenvalue weighted by molar-refractivity contribution is -0.384. The monoisotopic (exact) mass is 375 g/mol. The third-order valence-electron chi connectivity index (χ3n) is 4.71. The highest BCUT2D eigenvalue weighted by atomic mass is 19.1. The van der Waals surface area contributed by atoms with Gasteiger partial charge in [-0.15, -0.1) is 0 Å². The number of nitrogens with one attached hydrogen (secondary N) is 1. The number of rotatable bonds is 6. The summed E-state index contributed by atoms with van der Waals surface area (Å²) in [7, 11) is 0. The number of nitrogens with zero attached hydrogens (tertiary/aromatic N) is 2. The quantitative estimate of drug-likeness (QED) is 0.365. The number of hydrogen-bond acceptors (Lipinski definition) is 3. The Balaban J connectivity index is 1.62. The molecule has 140 valence electrons. The fraction of sp³-hybridized carbons (Fsp3) is 0.0909. The number of benzene rings is 3. The van der Waals surface area contributed by atoms with Crippen LogP contribution in [0.1, 0.15) is 11.1 Å². The normalized spacial score (nSPS) is 10.9. The van der Waals surface area contributed by atoms with Crippen molar-refractivity contribution in [1.82, 2.24) is 4.57 Å². The second-order valence-electron chi connectivity index (χ2n) is 6.55. The predicted octanol–water partition coefficient (Wildman–Crippen LogP) is 5.35. The van der Waals surface area contributed by atoms with Crippen LogP contribution in [-0.4, -0.2) is 9.49 Å². The molecule has 0 unspecified atom stereocenters. The molecule has 3 aromatic carbocycles. The van der Waals surface area contributed by atoms with E-state index in [1.54, 1.807) is 24.3 Å². The molecule has 0 atom stereocenters. The second-order valence-corrected chi connectivity index (χ2v) is 6.55. The smallest absolute Gasteiger partial charge is 0.271 e. The molecule has 1 aromatic heterocycles. The number of nitro groups is 1. The van der Waals surface area contributed by atoms with E-state index in [2.05, 4.69) is 5.32 Å². The minimum Gasteiger partial charge on any atom is -0.381 e. The van der Waals surface area contributed by atoms with Crippen molar-refractivity contribution in [2.45, 2.75) is 13.1 Å². The number of aromatic nitrogens is 1. The van der Waals surface area contributed by atoms with Gasteiger partial charge in [0.05, 0.1) is 11.5 Å². The molecule has 0 amide bonds. The SMILES string of the molecule is O=[N+]([O-])c1cccc(NCc2cn(Cc3ccccc3F)c3ccccc23)c1. The molecule has 0 radical (unpaired) electrons. The summed E-state index contributed by atoms with van der Waals surface area (Å²) in [6, 6.07) is 21.1. The first kappa shape index (κ1) is 17.7. The number of para-hydroxylation sites is 1. The van der Waals surface area contributed by atoms with Crippen molar-refractivity contribution in [3.63, 3.8) is 0 Å². The Kier molecular flexibility index (Phi) is 4.76. The van der Waals surface area contributed by atoms with Gasteiger partial charge >= 0.3 is 0 Å². The summed E-state index contributed by atoms with van der Waals surface area (Å²) in [6.45, 7) is 0.940. The maximum atomic E-state index is 14.1. The van der Waals surface area contributed by atoms with E-state index in [0.717, 1.165) is 16.5 Å². The fourth-order valence-electron chi connectivity index (χ4n) is 3.33. The number of non-ortho nitro benzene ring substituents is 1. The first-order valence-electron chi connectivity index (χ1n) is 8.90. The summed E-state index contributed by atoms with van der Waals surface area (Å²) in [5.41, 5.74) is 3.41. The molecule has 0 saturated heterocycles. The van der Waals surface area contributed by atoms with Crippen LogP contribution in [0.15, 0.2) is 79.0 Å². The third kappa shape index (κ3) is 3.57. The van der Waals surface area contributed by atoms with Crippen molar-refractivity contribution < 1.29 is 9.31 Å². The minimum atomic E-state index is -0.411. The first-order valence-corrected chi connectivity index (χ1v) is 8.90. The largest absolute Gasteiger partial charge is 0.381 e. The Labute approximate surface area is 161 Å². The molecule has 0 bridgehead atoms. The molecular weight excluding hydrogens is 357 g/mol. The lowest BCUT2D eigenvalue weighted by atomic mass is 10.1. The second kappa shape index (κ2) is 7.52. The van der Waals surface area contributed by atoms with Crippen molar-refractivity contribution in [3.8, 4) is 0 Å². The Bertz CT molecular complexity index is 1150. The van der Waals surface area contributed by atoms with Gasteiger partial charge in [0.2, 0.25) is 0 Å². The first-order chi connectivity index (χ1) is 13.6. The van der Waals surface area contributed by atoms with E-state index < -0.39 is 4.92 Å². The molecule has 0 aliphatic rings. The third-order valence-corrected chi connectivity index (χ3v) is 4.71. The Morgan fingerprint density at radius 3 is 2.57 bits per heavy atom. The van der Waals surface area contributed by atoms with E-state index in [4.69, 9.17) is 0 Å². The molecule has 0 aliphatic heterocycles. The molecule has 5 nitrogen and oxygen atoms in total. The van der Waals surface area contributed by atoms with Crippen LogP contribution < -0.4 is 5.32 Å². The summed E-state index contributed by atoms with van der Waals surface area (Å²) in [6.07, 6.45) is 2.00. The van der Waals surface area contributed by atoms with Gasteiger partial charge in [-0.25, -0.2) is 4.39 Å². The highest BCUT2D eigenvalue weighted by Crippen LogP contribution is 2.25. The van der Waals surface area contributed by atoms with Crippen molar-refractivity contribution in [1.29, 1.82) is 0 Å². The Morgan fingerprint density at radius 2 is 1.75 bits per heavy atom. The molecule has 4 rings (SSSR count). The number of fused-ring (bicyclic) bond motifs is 1. The van der Waals surface area contributed by atoms with E-state index in [-0.39, 0.29) is 11.5 Å². The van der Waals surface area contributed by atoms with E-state index in [1.807, 2.05) is 41.1 Å². The summed E-state index contributed by atoms with van der Waals surface area (Å²) in [4.78, 5) is 10.5. The van der Waals surface area contributed by atoms with Gasteiger partial charge in [-0.2, -0.15) is 0 Å². The number of hydrogen-bond donors (Lipinski definition) is 1. The van der Waals surface area contributed by atoms with Gasteiger partial charge in [-0.1, -0.05) is 42.5 Å². The molecule has 28 heavy (non-hydrogen) atoms. The Morgan fingerprint density at radius 1 is 0.964 bits per heavy atom. The highest BCUT2D eigenvalue weighted by molar-refractivity contribution is 5.84. The van der Waals surface area contributed by atoms with Crippen LogP contribution in [0.25, 0.3) is 10.9 Å². The zero-order chi connectivity index (χ0) is 19.5. The van der Waals surface area contributed by atoms with Crippen molar-refractivity contribution in [3.05, 3.63) is 106 Å². The van der Waals surface area contributed by atoms with Gasteiger partial charge < -0.3 is 9.88 Å². The maximum absolute atomic E-state index is 14.1. The van der Waals surface area contributed by atoms with Crippen molar-refractivity contribution in [2.24, 2.45) is 0 Å². The topological polar surface area (TPSA) is 60.1 Å². The number of anilines is 1. The maximum Gasteiger partial charge on any atom is 0.271 e. The van der Waals surface area contributed by atoms with Crippen LogP contribution >= 0.6 is 0 Å². The van der Waals surface area contributed by atoms with Gasteiger partial charge in [0.25, 0.3) is 5.69 Å². The summed E-state index contributed by atoms with van der Waals surface area (Å²) in [5, 5.41) is 15.3. The summed E-state index contributed by atoms with van der Waals surface area (Å²) >= 11 is 0. The number of halogens is 1. The fourth-order valence-corrected chi connectivity index (χ4v) is 3.33. The molecule has 4 aromatic rings. The van der Waals surface area contributed by atoms with Crippen molar-refractivity contribution >= 4 is 22.3 Å². The summed E-state index contributed by atoms with van der Waals surface area (Å²) in [5.74, 6) is -0.225. The van der Waals surface area contributed by atoms with Crippen LogP contribution in [0.4, 0.5) is 15.8 Å². The van der Waals surface area contributed by atoms with Crippen LogP contribution in [0.3, 0.4) is 0 Å². The van der Waals surface area contributed by atoms with Gasteiger partial charge in [0, 0.05) is 47.0 Å². The van der Waals surface area contributed by atoms with E-state index in [0.29, 0.717) is 24.3 Å². The van der Waals surface area contributed by atoms with E-state index in [9.17, 15) is 14.5 Å². The average Bonchev–Trinajstić information content (AvgIpc) is 3.06. The standard InChI is InChI=1S/C22H18FN3O2/c23-21-10-3-1-6-16(21)14-25-15-17(20-9-2-4-11-22(20)25)13-24-18-7-5-8-19(12-18)26(27)28/h1-12,15,24H,13-14H2. The van der Waals surface area contributed by atoms with E-state index in [1.165, 1.54) is 18.2 Å². The zero-order valence-corrected chi connectivity index (χ0v) is 15.0. The lowest BCUT2D eigenvalue weighted by Crippen LogP contribution is -2.01. The summed E-state index contributed by atoms with van der Waals surface area (Å²) < 4.78 is 16.1. The van der Waals surface area contributed by atoms with Crippen molar-refractivity contribution in [2.75, 3.05) is 5.32 Å². The van der Waals surface area contributed by atoms with Gasteiger partial charge in [-0.3, -0.25) is 10.1 Å². The molecule has 0 saturated carbocycles. The Hall–Kier alpha value is -3.67. The average molecular weight is 375 g/mol. The van der Waals surface area contributed by atoms with Crippen LogP contribution in [0, 0.1) is 15.9 Å². The molecule has 0 aliphatic carbocycles. The lowest BCUT2D eigenvalue weighted by Gasteiger charge is -2.06.